The van der Waals surface area contributed by atoms with Gasteiger partial charge >= 0.3 is 0 Å². The number of hydrogen-bond donors (Lipinski definition) is 1. The molecule has 0 radical (unpaired) electrons. The second kappa shape index (κ2) is 7.47. The fourth-order valence-electron chi connectivity index (χ4n) is 2.81. The summed E-state index contributed by atoms with van der Waals surface area (Å²) in [6.07, 6.45) is 1.87. The first-order chi connectivity index (χ1) is 12.5. The molecule has 4 nitrogen and oxygen atoms in total. The Labute approximate surface area is 157 Å². The molecule has 5 heteroatoms. The van der Waals surface area contributed by atoms with Crippen LogP contribution in [0.4, 0.5) is 0 Å². The Bertz CT molecular complexity index is 980. The number of hydrogen-bond acceptors (Lipinski definition) is 3. The van der Waals surface area contributed by atoms with Crippen LogP contribution in [-0.2, 0) is 4.74 Å². The molecule has 0 fully saturated rings. The minimum Gasteiger partial charge on any atom is -0.477 e. The van der Waals surface area contributed by atoms with Gasteiger partial charge < -0.3 is 9.30 Å². The van der Waals surface area contributed by atoms with Crippen molar-refractivity contribution >= 4 is 17.5 Å². The van der Waals surface area contributed by atoms with E-state index in [1.807, 2.05) is 61.0 Å². The Hall–Kier alpha value is -3.03. The summed E-state index contributed by atoms with van der Waals surface area (Å²) >= 11 is 5.99. The van der Waals surface area contributed by atoms with Gasteiger partial charge in [0.25, 0.3) is 0 Å². The monoisotopic (exact) mass is 363 g/mol. The molecular weight excluding hydrogens is 346 g/mol. The summed E-state index contributed by atoms with van der Waals surface area (Å²) < 4.78 is 7.25. The van der Waals surface area contributed by atoms with Crippen molar-refractivity contribution in [1.29, 1.82) is 10.7 Å². The first-order valence-electron chi connectivity index (χ1n) is 8.25. The molecule has 1 N–H and O–H groups in total. The van der Waals surface area contributed by atoms with Crippen LogP contribution in [0, 0.1) is 23.7 Å². The number of aromatic nitrogens is 1. The van der Waals surface area contributed by atoms with Gasteiger partial charge in [0.15, 0.2) is 0 Å². The first kappa shape index (κ1) is 17.8. The molecule has 0 atom stereocenters. The van der Waals surface area contributed by atoms with Gasteiger partial charge in [-0.3, -0.25) is 5.41 Å². The quantitative estimate of drug-likeness (QED) is 0.502. The van der Waals surface area contributed by atoms with Gasteiger partial charge in [0.05, 0.1) is 12.2 Å². The number of rotatable bonds is 4. The highest BCUT2D eigenvalue weighted by atomic mass is 35.5. The van der Waals surface area contributed by atoms with E-state index < -0.39 is 0 Å². The van der Waals surface area contributed by atoms with E-state index in [0.29, 0.717) is 22.9 Å². The van der Waals surface area contributed by atoms with E-state index >= 15 is 0 Å². The maximum atomic E-state index is 9.80. The van der Waals surface area contributed by atoms with Crippen molar-refractivity contribution in [2.24, 2.45) is 0 Å². The predicted octanol–water partition coefficient (Wildman–Crippen LogP) is 5.34. The van der Waals surface area contributed by atoms with Crippen LogP contribution in [0.2, 0.25) is 5.02 Å². The number of halogens is 1. The summed E-state index contributed by atoms with van der Waals surface area (Å²) in [5.74, 6) is -0.0233. The van der Waals surface area contributed by atoms with Crippen LogP contribution in [0.1, 0.15) is 23.7 Å². The molecule has 0 amide bonds. The highest BCUT2D eigenvalue weighted by Crippen LogP contribution is 2.31. The molecule has 1 aromatic heterocycles. The van der Waals surface area contributed by atoms with Crippen molar-refractivity contribution in [3.8, 4) is 22.9 Å². The molecule has 3 rings (SSSR count). The molecule has 3 aromatic rings. The van der Waals surface area contributed by atoms with E-state index in [2.05, 4.69) is 6.07 Å². The van der Waals surface area contributed by atoms with Crippen molar-refractivity contribution in [3.63, 3.8) is 0 Å². The van der Waals surface area contributed by atoms with E-state index in [9.17, 15) is 5.26 Å². The topological polar surface area (TPSA) is 61.8 Å². The average Bonchev–Trinajstić information content (AvgIpc) is 3.03. The van der Waals surface area contributed by atoms with E-state index in [1.54, 1.807) is 12.1 Å². The van der Waals surface area contributed by atoms with Gasteiger partial charge in [0, 0.05) is 22.5 Å². The zero-order valence-corrected chi connectivity index (χ0v) is 15.3. The molecule has 0 saturated heterocycles. The normalized spacial score (nSPS) is 10.4. The van der Waals surface area contributed by atoms with Crippen LogP contribution in [0.3, 0.4) is 0 Å². The lowest BCUT2D eigenvalue weighted by atomic mass is 10.0. The van der Waals surface area contributed by atoms with Crippen molar-refractivity contribution in [1.82, 2.24) is 4.57 Å². The maximum Gasteiger partial charge on any atom is 0.232 e. The maximum absolute atomic E-state index is 9.80. The van der Waals surface area contributed by atoms with Crippen LogP contribution in [-0.4, -0.2) is 17.1 Å². The third-order valence-corrected chi connectivity index (χ3v) is 4.34. The summed E-state index contributed by atoms with van der Waals surface area (Å²) in [7, 11) is 0. The van der Waals surface area contributed by atoms with E-state index in [4.69, 9.17) is 21.7 Å². The zero-order chi connectivity index (χ0) is 18.7. The predicted molar refractivity (Wildman–Crippen MR) is 104 cm³/mol. The van der Waals surface area contributed by atoms with Gasteiger partial charge in [-0.25, -0.2) is 0 Å². The van der Waals surface area contributed by atoms with E-state index in [1.165, 1.54) is 0 Å². The molecule has 130 valence electrons. The number of nitriles is 1. The standard InChI is InChI=1S/C21H18ClN3O/c1-3-26-21(24)20-18(12-23)19(15-6-8-16(22)9-7-15)13-25(20)17-10-4-14(2)5-11-17/h4-11,13,24H,3H2,1-2H3. The van der Waals surface area contributed by atoms with Gasteiger partial charge in [0.1, 0.15) is 11.8 Å². The molecule has 0 saturated carbocycles. The Kier molecular flexibility index (Phi) is 5.11. The molecule has 1 heterocycles. The lowest BCUT2D eigenvalue weighted by Gasteiger charge is -2.11. The first-order valence-corrected chi connectivity index (χ1v) is 8.63. The number of benzene rings is 2. The molecule has 0 aliphatic heterocycles. The van der Waals surface area contributed by atoms with Crippen LogP contribution >= 0.6 is 11.6 Å². The fraction of sp³-hybridized carbons (Fsp3) is 0.143. The number of nitrogens with zero attached hydrogens (tertiary/aromatic N) is 2. The van der Waals surface area contributed by atoms with E-state index in [-0.39, 0.29) is 5.90 Å². The third-order valence-electron chi connectivity index (χ3n) is 4.09. The molecule has 0 aliphatic carbocycles. The summed E-state index contributed by atoms with van der Waals surface area (Å²) in [5, 5.41) is 18.7. The van der Waals surface area contributed by atoms with Crippen LogP contribution in [0.25, 0.3) is 16.8 Å². The molecule has 0 unspecified atom stereocenters. The Balaban J connectivity index is 2.25. The molecule has 0 aliphatic rings. The Morgan fingerprint density at radius 3 is 2.38 bits per heavy atom. The SMILES string of the molecule is CCOC(=N)c1c(C#N)c(-c2ccc(Cl)cc2)cn1-c1ccc(C)cc1. The Morgan fingerprint density at radius 2 is 1.81 bits per heavy atom. The van der Waals surface area contributed by atoms with Crippen LogP contribution in [0.5, 0.6) is 0 Å². The number of ether oxygens (including phenoxy) is 1. The summed E-state index contributed by atoms with van der Waals surface area (Å²) in [5.41, 5.74) is 4.47. The number of nitrogens with one attached hydrogen (secondary N) is 1. The molecular formula is C21H18ClN3O. The lowest BCUT2D eigenvalue weighted by molar-refractivity contribution is 0.324. The second-order valence-electron chi connectivity index (χ2n) is 5.85. The second-order valence-corrected chi connectivity index (χ2v) is 6.29. The van der Waals surface area contributed by atoms with Gasteiger partial charge in [-0.05, 0) is 43.7 Å². The van der Waals surface area contributed by atoms with Crippen LogP contribution < -0.4 is 0 Å². The fourth-order valence-corrected chi connectivity index (χ4v) is 2.94. The zero-order valence-electron chi connectivity index (χ0n) is 14.6. The van der Waals surface area contributed by atoms with Crippen molar-refractivity contribution < 1.29 is 4.74 Å². The van der Waals surface area contributed by atoms with Gasteiger partial charge in [0.2, 0.25) is 5.90 Å². The average molecular weight is 364 g/mol. The highest BCUT2D eigenvalue weighted by molar-refractivity contribution is 6.30. The third kappa shape index (κ3) is 3.35. The minimum atomic E-state index is -0.0233. The van der Waals surface area contributed by atoms with Gasteiger partial charge in [-0.1, -0.05) is 41.4 Å². The molecule has 0 spiro atoms. The van der Waals surface area contributed by atoms with Gasteiger partial charge in [-0.2, -0.15) is 5.26 Å². The summed E-state index contributed by atoms with van der Waals surface area (Å²) in [4.78, 5) is 0. The molecule has 26 heavy (non-hydrogen) atoms. The largest absolute Gasteiger partial charge is 0.477 e. The van der Waals surface area contributed by atoms with Crippen LogP contribution in [0.15, 0.2) is 54.7 Å². The van der Waals surface area contributed by atoms with E-state index in [0.717, 1.165) is 22.4 Å². The number of aryl methyl sites for hydroxylation is 1. The lowest BCUT2D eigenvalue weighted by Crippen LogP contribution is -2.12. The van der Waals surface area contributed by atoms with Gasteiger partial charge in [-0.15, -0.1) is 0 Å². The van der Waals surface area contributed by atoms with Crippen molar-refractivity contribution in [2.45, 2.75) is 13.8 Å². The van der Waals surface area contributed by atoms with Crippen molar-refractivity contribution in [3.05, 3.63) is 76.6 Å². The minimum absolute atomic E-state index is 0.0233. The Morgan fingerprint density at radius 1 is 1.15 bits per heavy atom. The molecule has 0 bridgehead atoms. The van der Waals surface area contributed by atoms with Crippen molar-refractivity contribution in [2.75, 3.05) is 6.61 Å². The smallest absolute Gasteiger partial charge is 0.232 e. The molecule has 2 aromatic carbocycles. The summed E-state index contributed by atoms with van der Waals surface area (Å²) in [6.45, 7) is 4.20. The highest BCUT2D eigenvalue weighted by Gasteiger charge is 2.22. The summed E-state index contributed by atoms with van der Waals surface area (Å²) in [6, 6.07) is 17.5.